The monoisotopic (exact) mass is 216 g/mol. The van der Waals surface area contributed by atoms with E-state index in [-0.39, 0.29) is 25.2 Å². The summed E-state index contributed by atoms with van der Waals surface area (Å²) in [5.74, 6) is -1.04. The molecule has 0 aromatic carbocycles. The molecule has 0 bridgehead atoms. The fourth-order valence-corrected chi connectivity index (χ4v) is 1.44. The topological polar surface area (TPSA) is 87.7 Å². The highest BCUT2D eigenvalue weighted by atomic mass is 16.5. The van der Waals surface area contributed by atoms with Gasteiger partial charge in [0.2, 0.25) is 5.91 Å². The van der Waals surface area contributed by atoms with E-state index in [2.05, 4.69) is 10.6 Å². The number of amides is 1. The van der Waals surface area contributed by atoms with Gasteiger partial charge in [0.1, 0.15) is 6.61 Å². The molecular weight excluding hydrogens is 200 g/mol. The number of hydrogen-bond donors (Lipinski definition) is 3. The second-order valence-corrected chi connectivity index (χ2v) is 3.39. The summed E-state index contributed by atoms with van der Waals surface area (Å²) in [7, 11) is 0. The molecule has 1 atom stereocenters. The molecule has 1 heterocycles. The van der Waals surface area contributed by atoms with Gasteiger partial charge in [-0.3, -0.25) is 4.79 Å². The van der Waals surface area contributed by atoms with Crippen LogP contribution in [0.2, 0.25) is 0 Å². The van der Waals surface area contributed by atoms with Gasteiger partial charge in [-0.05, 0) is 19.4 Å². The van der Waals surface area contributed by atoms with Crippen LogP contribution in [0.4, 0.5) is 0 Å². The molecule has 0 aromatic heterocycles. The number of ether oxygens (including phenoxy) is 1. The quantitative estimate of drug-likeness (QED) is 0.493. The highest BCUT2D eigenvalue weighted by Crippen LogP contribution is 2.03. The van der Waals surface area contributed by atoms with E-state index in [1.165, 1.54) is 0 Å². The number of carboxylic acids is 1. The van der Waals surface area contributed by atoms with Crippen LogP contribution in [-0.4, -0.2) is 49.3 Å². The molecule has 0 aromatic rings. The Morgan fingerprint density at radius 3 is 2.93 bits per heavy atom. The molecule has 15 heavy (non-hydrogen) atoms. The lowest BCUT2D eigenvalue weighted by Crippen LogP contribution is -2.41. The number of carbonyl (C=O) groups is 2. The highest BCUT2D eigenvalue weighted by molar-refractivity contribution is 5.81. The molecule has 0 radical (unpaired) electrons. The molecule has 1 amide bonds. The molecule has 1 saturated heterocycles. The predicted octanol–water partition coefficient (Wildman–Crippen LogP) is -1.04. The van der Waals surface area contributed by atoms with Crippen molar-refractivity contribution in [3.05, 3.63) is 0 Å². The van der Waals surface area contributed by atoms with Crippen molar-refractivity contribution in [2.45, 2.75) is 18.9 Å². The number of carbonyl (C=O) groups excluding carboxylic acids is 1. The normalized spacial score (nSPS) is 20.1. The summed E-state index contributed by atoms with van der Waals surface area (Å²) in [4.78, 5) is 21.5. The minimum Gasteiger partial charge on any atom is -0.480 e. The van der Waals surface area contributed by atoms with Gasteiger partial charge in [0.15, 0.2) is 0 Å². The molecule has 0 spiro atoms. The lowest BCUT2D eigenvalue weighted by atomic mass is 10.2. The Hall–Kier alpha value is -1.14. The fourth-order valence-electron chi connectivity index (χ4n) is 1.44. The van der Waals surface area contributed by atoms with E-state index < -0.39 is 5.97 Å². The van der Waals surface area contributed by atoms with E-state index in [1.807, 2.05) is 0 Å². The zero-order valence-electron chi connectivity index (χ0n) is 8.49. The molecule has 0 saturated carbocycles. The van der Waals surface area contributed by atoms with E-state index >= 15 is 0 Å². The summed E-state index contributed by atoms with van der Waals surface area (Å²) in [5.41, 5.74) is 0. The molecule has 1 aliphatic rings. The smallest absolute Gasteiger partial charge is 0.329 e. The van der Waals surface area contributed by atoms with Crippen molar-refractivity contribution in [2.24, 2.45) is 0 Å². The van der Waals surface area contributed by atoms with Crippen LogP contribution in [-0.2, 0) is 14.3 Å². The average Bonchev–Trinajstić information content (AvgIpc) is 2.69. The maximum Gasteiger partial charge on any atom is 0.329 e. The fraction of sp³-hybridized carbons (Fsp3) is 0.778. The summed E-state index contributed by atoms with van der Waals surface area (Å²) >= 11 is 0. The molecule has 0 aliphatic carbocycles. The Labute approximate surface area is 88.0 Å². The van der Waals surface area contributed by atoms with Crippen molar-refractivity contribution in [3.63, 3.8) is 0 Å². The van der Waals surface area contributed by atoms with Crippen molar-refractivity contribution < 1.29 is 19.4 Å². The standard InChI is InChI=1S/C9H16N2O4/c12-8(13)6-15-5-4-11-9(14)7-2-1-3-10-7/h7,10H,1-6H2,(H,11,14)(H,12,13)/t7-/m1/s1. The summed E-state index contributed by atoms with van der Waals surface area (Å²) in [5, 5.41) is 14.0. The van der Waals surface area contributed by atoms with Gasteiger partial charge in [-0.15, -0.1) is 0 Å². The van der Waals surface area contributed by atoms with Crippen molar-refractivity contribution in [3.8, 4) is 0 Å². The Kier molecular flexibility index (Phi) is 5.06. The minimum atomic E-state index is -1.00. The Morgan fingerprint density at radius 1 is 1.53 bits per heavy atom. The maximum atomic E-state index is 11.4. The molecule has 3 N–H and O–H groups in total. The lowest BCUT2D eigenvalue weighted by molar-refractivity contribution is -0.142. The molecular formula is C9H16N2O4. The van der Waals surface area contributed by atoms with Crippen LogP contribution in [0.3, 0.4) is 0 Å². The van der Waals surface area contributed by atoms with Gasteiger partial charge in [0, 0.05) is 6.54 Å². The van der Waals surface area contributed by atoms with Gasteiger partial charge >= 0.3 is 5.97 Å². The average molecular weight is 216 g/mol. The van der Waals surface area contributed by atoms with Crippen LogP contribution in [0.5, 0.6) is 0 Å². The molecule has 6 heteroatoms. The van der Waals surface area contributed by atoms with Crippen molar-refractivity contribution >= 4 is 11.9 Å². The molecule has 1 rings (SSSR count). The van der Waals surface area contributed by atoms with Crippen molar-refractivity contribution in [1.82, 2.24) is 10.6 Å². The SMILES string of the molecule is O=C(O)COCCNC(=O)[C@H]1CCCN1. The van der Waals surface area contributed by atoms with Crippen LogP contribution >= 0.6 is 0 Å². The van der Waals surface area contributed by atoms with E-state index in [4.69, 9.17) is 9.84 Å². The van der Waals surface area contributed by atoms with E-state index in [1.54, 1.807) is 0 Å². The van der Waals surface area contributed by atoms with Crippen LogP contribution in [0.1, 0.15) is 12.8 Å². The third kappa shape index (κ3) is 4.75. The van der Waals surface area contributed by atoms with E-state index in [0.717, 1.165) is 19.4 Å². The molecule has 86 valence electrons. The Morgan fingerprint density at radius 2 is 2.33 bits per heavy atom. The molecule has 0 unspecified atom stereocenters. The highest BCUT2D eigenvalue weighted by Gasteiger charge is 2.20. The first kappa shape index (κ1) is 11.9. The van der Waals surface area contributed by atoms with Gasteiger partial charge in [-0.2, -0.15) is 0 Å². The second-order valence-electron chi connectivity index (χ2n) is 3.39. The first-order valence-electron chi connectivity index (χ1n) is 5.01. The van der Waals surface area contributed by atoms with Crippen LogP contribution in [0, 0.1) is 0 Å². The third-order valence-corrected chi connectivity index (χ3v) is 2.15. The first-order chi connectivity index (χ1) is 7.20. The third-order valence-electron chi connectivity index (χ3n) is 2.15. The molecule has 1 aliphatic heterocycles. The molecule has 1 fully saturated rings. The number of nitrogens with one attached hydrogen (secondary N) is 2. The van der Waals surface area contributed by atoms with Crippen LogP contribution in [0.25, 0.3) is 0 Å². The zero-order valence-corrected chi connectivity index (χ0v) is 8.49. The summed E-state index contributed by atoms with van der Waals surface area (Å²) in [6, 6.07) is -0.0931. The second kappa shape index (κ2) is 6.36. The van der Waals surface area contributed by atoms with E-state index in [9.17, 15) is 9.59 Å². The summed E-state index contributed by atoms with van der Waals surface area (Å²) in [6.07, 6.45) is 1.88. The van der Waals surface area contributed by atoms with Gasteiger partial charge in [-0.25, -0.2) is 4.79 Å². The molecule has 6 nitrogen and oxygen atoms in total. The van der Waals surface area contributed by atoms with E-state index in [0.29, 0.717) is 6.54 Å². The number of carboxylic acid groups (broad SMARTS) is 1. The summed E-state index contributed by atoms with van der Waals surface area (Å²) < 4.78 is 4.77. The number of aliphatic carboxylic acids is 1. The van der Waals surface area contributed by atoms with Gasteiger partial charge in [0.25, 0.3) is 0 Å². The Bertz CT molecular complexity index is 226. The van der Waals surface area contributed by atoms with Gasteiger partial charge < -0.3 is 20.5 Å². The maximum absolute atomic E-state index is 11.4. The largest absolute Gasteiger partial charge is 0.480 e. The van der Waals surface area contributed by atoms with Crippen molar-refractivity contribution in [1.29, 1.82) is 0 Å². The zero-order chi connectivity index (χ0) is 11.1. The van der Waals surface area contributed by atoms with Gasteiger partial charge in [-0.1, -0.05) is 0 Å². The van der Waals surface area contributed by atoms with Gasteiger partial charge in [0.05, 0.1) is 12.6 Å². The Balaban J connectivity index is 1.99. The first-order valence-corrected chi connectivity index (χ1v) is 5.01. The lowest BCUT2D eigenvalue weighted by Gasteiger charge is -2.10. The van der Waals surface area contributed by atoms with Crippen molar-refractivity contribution in [2.75, 3.05) is 26.3 Å². The van der Waals surface area contributed by atoms with Crippen LogP contribution < -0.4 is 10.6 Å². The number of rotatable bonds is 6. The minimum absolute atomic E-state index is 0.0357. The number of hydrogen-bond acceptors (Lipinski definition) is 4. The summed E-state index contributed by atoms with van der Waals surface area (Å²) in [6.45, 7) is 1.14. The predicted molar refractivity (Wildman–Crippen MR) is 52.5 cm³/mol. The van der Waals surface area contributed by atoms with Crippen LogP contribution in [0.15, 0.2) is 0 Å².